The average Bonchev–Trinajstić information content (AvgIpc) is 3.80. The second-order valence-electron chi connectivity index (χ2n) is 23.1. The summed E-state index contributed by atoms with van der Waals surface area (Å²) in [5.74, 6) is -0.435. The molecule has 0 spiro atoms. The van der Waals surface area contributed by atoms with E-state index in [0.717, 1.165) is 6.08 Å². The van der Waals surface area contributed by atoms with Gasteiger partial charge in [-0.2, -0.15) is 0 Å². The molecule has 544 valence electrons. The summed E-state index contributed by atoms with van der Waals surface area (Å²) in [6.45, 7) is 23.4. The first kappa shape index (κ1) is 94.8. The van der Waals surface area contributed by atoms with E-state index >= 15 is 0 Å². The third-order valence-corrected chi connectivity index (χ3v) is 16.5. The lowest BCUT2D eigenvalue weighted by Gasteiger charge is -2.15. The summed E-state index contributed by atoms with van der Waals surface area (Å²) < 4.78 is 19.8. The van der Waals surface area contributed by atoms with E-state index in [9.17, 15) is 4.79 Å². The maximum Gasteiger partial charge on any atom is 0.330 e. The van der Waals surface area contributed by atoms with Crippen LogP contribution in [0.2, 0.25) is 0 Å². The Morgan fingerprint density at radius 1 is 0.361 bits per heavy atom. The van der Waals surface area contributed by atoms with E-state index in [0.29, 0.717) is 81.4 Å². The second-order valence-corrected chi connectivity index (χ2v) is 23.1. The summed E-state index contributed by atoms with van der Waals surface area (Å²) in [6, 6.07) is 45.6. The number of rotatable bonds is 26. The third-order valence-electron chi connectivity index (χ3n) is 16.5. The number of methoxy groups -OCH3 is 1. The van der Waals surface area contributed by atoms with Crippen molar-refractivity contribution in [1.82, 2.24) is 42.5 Å². The number of allylic oxidation sites excluding steroid dienone is 12. The lowest BCUT2D eigenvalue weighted by Crippen LogP contribution is -2.23. The van der Waals surface area contributed by atoms with E-state index in [1.807, 2.05) is 80.6 Å². The Labute approximate surface area is 593 Å². The largest absolute Gasteiger partial charge is 0.460 e. The molecule has 4 aromatic rings. The lowest BCUT2D eigenvalue weighted by atomic mass is 9.99. The number of benzene rings is 4. The fraction of sp³-hybridized carbons (Fsp3) is 0.488. The van der Waals surface area contributed by atoms with Crippen LogP contribution in [-0.4, -0.2) is 133 Å². The fourth-order valence-corrected chi connectivity index (χ4v) is 9.03. The van der Waals surface area contributed by atoms with Gasteiger partial charge in [0.05, 0.1) is 33.0 Å². The van der Waals surface area contributed by atoms with Crippen molar-refractivity contribution in [2.75, 3.05) is 103 Å². The molecule has 8 unspecified atom stereocenters. The van der Waals surface area contributed by atoms with Gasteiger partial charge < -0.3 is 61.5 Å². The summed E-state index contributed by atoms with van der Waals surface area (Å²) in [4.78, 5) is 10.6. The summed E-state index contributed by atoms with van der Waals surface area (Å²) in [6.07, 6.45) is 37.1. The molecule has 0 radical (unpaired) electrons. The minimum Gasteiger partial charge on any atom is -0.460 e. The van der Waals surface area contributed by atoms with Gasteiger partial charge in [0.25, 0.3) is 0 Å². The number of hydrogen-bond donors (Lipinski definition) is 8. The Hall–Kier alpha value is -6.43. The van der Waals surface area contributed by atoms with Gasteiger partial charge in [-0.05, 0) is 185 Å². The molecule has 97 heavy (non-hydrogen) atoms. The topological polar surface area (TPSA) is 150 Å². The van der Waals surface area contributed by atoms with E-state index in [-0.39, 0.29) is 21.5 Å². The van der Waals surface area contributed by atoms with Crippen molar-refractivity contribution in [3.05, 3.63) is 251 Å². The second kappa shape index (κ2) is 65.5. The molecule has 0 fully saturated rings. The Balaban J connectivity index is -0.00000102. The molecule has 4 aromatic carbocycles. The van der Waals surface area contributed by atoms with Crippen molar-refractivity contribution in [3.8, 4) is 0 Å². The average molecular weight is 1340 g/mol. The van der Waals surface area contributed by atoms with Crippen molar-refractivity contribution < 1.29 is 23.7 Å². The van der Waals surface area contributed by atoms with Crippen LogP contribution in [0.4, 0.5) is 0 Å². The highest BCUT2D eigenvalue weighted by Gasteiger charge is 2.09. The highest BCUT2D eigenvalue weighted by Crippen LogP contribution is 2.18. The summed E-state index contributed by atoms with van der Waals surface area (Å²) >= 11 is 0. The Kier molecular flexibility index (Phi) is 64.0. The zero-order chi connectivity index (χ0) is 70.5. The molecule has 0 amide bonds. The van der Waals surface area contributed by atoms with Gasteiger partial charge in [0.2, 0.25) is 0 Å². The predicted molar refractivity (Wildman–Crippen MR) is 424 cm³/mol. The molecule has 0 saturated heterocycles. The molecule has 8 rings (SSSR count). The highest BCUT2D eigenvalue weighted by molar-refractivity contribution is 5.81. The van der Waals surface area contributed by atoms with Gasteiger partial charge in [0, 0.05) is 61.5 Å². The Bertz CT molecular complexity index is 2380. The number of esters is 1. The van der Waals surface area contributed by atoms with E-state index < -0.39 is 5.97 Å². The zero-order valence-electron chi connectivity index (χ0n) is 61.8. The molecule has 8 atom stereocenters. The molecule has 0 aliphatic heterocycles. The maximum absolute atomic E-state index is 10.6. The van der Waals surface area contributed by atoms with E-state index in [1.165, 1.54) is 95.9 Å². The highest BCUT2D eigenvalue weighted by atomic mass is 16.6. The minimum atomic E-state index is -0.435. The maximum atomic E-state index is 10.6. The van der Waals surface area contributed by atoms with Crippen LogP contribution in [0.25, 0.3) is 0 Å². The molecule has 13 heteroatoms. The Morgan fingerprint density at radius 3 is 0.763 bits per heavy atom. The summed E-state index contributed by atoms with van der Waals surface area (Å²) in [5.41, 5.74) is 11.4. The van der Waals surface area contributed by atoms with Crippen molar-refractivity contribution in [2.45, 2.75) is 170 Å². The van der Waals surface area contributed by atoms with Gasteiger partial charge in [-0.25, -0.2) is 4.79 Å². The monoisotopic (exact) mass is 1340 g/mol. The van der Waals surface area contributed by atoms with Crippen LogP contribution in [0, 0.1) is 0 Å². The van der Waals surface area contributed by atoms with Gasteiger partial charge >= 0.3 is 5.97 Å². The van der Waals surface area contributed by atoms with Crippen LogP contribution >= 0.6 is 0 Å². The number of hydrogen-bond acceptors (Lipinski definition) is 13. The SMILES string of the molecule is C.C.C=CC(=O)OCCOCCOCCOC.CNC(C)C1=CC=CCC1.CNC(C)C1=CC=CCC1.CNC(C)C1=CC=CCC1.CNC(C)C1=CC=CCC1.CNC(C)c1ccccc1.CNC(C)c1ccccc1.CNC(C)c1ccccc1.CNC(C)c1ccccc1. The molecule has 8 N–H and O–H groups in total. The molecule has 0 bridgehead atoms. The number of carbonyl (C=O) groups excluding carboxylic acids is 1. The minimum absolute atomic E-state index is 0. The number of ether oxygens (including phenoxy) is 4. The van der Waals surface area contributed by atoms with Gasteiger partial charge in [0.1, 0.15) is 6.61 Å². The summed E-state index contributed by atoms with van der Waals surface area (Å²) in [5, 5.41) is 25.7. The lowest BCUT2D eigenvalue weighted by molar-refractivity contribution is -0.139. The van der Waals surface area contributed by atoms with Crippen LogP contribution in [0.15, 0.2) is 229 Å². The summed E-state index contributed by atoms with van der Waals surface area (Å²) in [7, 11) is 17.5. The Morgan fingerprint density at radius 2 is 0.577 bits per heavy atom. The van der Waals surface area contributed by atoms with Crippen LogP contribution in [0.3, 0.4) is 0 Å². The third kappa shape index (κ3) is 48.9. The van der Waals surface area contributed by atoms with Crippen LogP contribution < -0.4 is 42.5 Å². The van der Waals surface area contributed by atoms with E-state index in [4.69, 9.17) is 18.9 Å². The number of carbonyl (C=O) groups is 1. The quantitative estimate of drug-likeness (QED) is 0.0171. The van der Waals surface area contributed by atoms with Gasteiger partial charge in [-0.1, -0.05) is 238 Å². The fourth-order valence-electron chi connectivity index (χ4n) is 9.03. The molecule has 0 aromatic heterocycles. The molecule has 13 nitrogen and oxygen atoms in total. The van der Waals surface area contributed by atoms with Crippen LogP contribution in [0.1, 0.15) is 168 Å². The van der Waals surface area contributed by atoms with Gasteiger partial charge in [-0.15, -0.1) is 0 Å². The zero-order valence-corrected chi connectivity index (χ0v) is 61.8. The molecule has 4 aliphatic rings. The standard InChI is InChI=1S/C10H18O5.4C9H15N.4C9H13N.2CH4/c1-3-10(11)15-9-8-14-7-6-13-5-4-12-2;8*1-8(10-2)9-6-4-3-5-7-9;;/h3H,1,4-9H2,2H3;4*3-4,6,8,10H,5,7H2,1-2H3;4*3-8,10H,1-2H3;2*1H4. The molecule has 0 saturated carbocycles. The molecular weight excluding hydrogens is 1200 g/mol. The molecular formula is C84H138N8O5. The predicted octanol–water partition coefficient (Wildman–Crippen LogP) is 17.0. The molecule has 4 aliphatic carbocycles. The van der Waals surface area contributed by atoms with E-state index in [2.05, 4.69) is 274 Å². The smallest absolute Gasteiger partial charge is 0.330 e. The van der Waals surface area contributed by atoms with Crippen molar-refractivity contribution in [1.29, 1.82) is 0 Å². The van der Waals surface area contributed by atoms with Gasteiger partial charge in [-0.3, -0.25) is 0 Å². The van der Waals surface area contributed by atoms with Crippen molar-refractivity contribution in [2.24, 2.45) is 0 Å². The van der Waals surface area contributed by atoms with Crippen molar-refractivity contribution in [3.63, 3.8) is 0 Å². The number of likely N-dealkylation sites (N-methyl/N-ethyl adjacent to an activating group) is 4. The van der Waals surface area contributed by atoms with E-state index in [1.54, 1.807) is 7.11 Å². The van der Waals surface area contributed by atoms with Gasteiger partial charge in [0.15, 0.2) is 0 Å². The first-order valence-electron chi connectivity index (χ1n) is 34.5. The van der Waals surface area contributed by atoms with Crippen molar-refractivity contribution >= 4 is 5.97 Å². The first-order chi connectivity index (χ1) is 46.0. The van der Waals surface area contributed by atoms with Crippen LogP contribution in [-0.2, 0) is 23.7 Å². The molecule has 0 heterocycles. The van der Waals surface area contributed by atoms with Crippen LogP contribution in [0.5, 0.6) is 0 Å². The normalized spacial score (nSPS) is 15.3. The first-order valence-corrected chi connectivity index (χ1v) is 34.5. The number of nitrogens with one attached hydrogen (secondary N) is 8.